The topological polar surface area (TPSA) is 207 Å². The van der Waals surface area contributed by atoms with Crippen LogP contribution in [0.3, 0.4) is 0 Å². The van der Waals surface area contributed by atoms with Crippen LogP contribution in [0.4, 0.5) is 32.3 Å². The van der Waals surface area contributed by atoms with Crippen LogP contribution in [-0.2, 0) is 7.05 Å². The van der Waals surface area contributed by atoms with Crippen LogP contribution in [0.2, 0.25) is 0 Å². The van der Waals surface area contributed by atoms with Crippen LogP contribution in [0.25, 0.3) is 10.1 Å². The molecule has 4 amide bonds. The Labute approximate surface area is 271 Å². The first kappa shape index (κ1) is 32.2. The Hall–Kier alpha value is -6.23. The van der Waals surface area contributed by atoms with Gasteiger partial charge in [0.15, 0.2) is 0 Å². The van der Waals surface area contributed by atoms with Crippen molar-refractivity contribution in [3.8, 4) is 0 Å². The molecular weight excluding hydrogens is 628 g/mol. The van der Waals surface area contributed by atoms with E-state index in [0.717, 1.165) is 11.3 Å². The van der Waals surface area contributed by atoms with Crippen molar-refractivity contribution in [2.24, 2.45) is 12.8 Å². The number of aryl methyl sites for hydroxylation is 1. The minimum Gasteiger partial charge on any atom is -0.388 e. The van der Waals surface area contributed by atoms with Gasteiger partial charge in [-0.3, -0.25) is 39.1 Å². The van der Waals surface area contributed by atoms with E-state index in [0.29, 0.717) is 27.1 Å². The van der Waals surface area contributed by atoms with E-state index in [-0.39, 0.29) is 41.1 Å². The van der Waals surface area contributed by atoms with Gasteiger partial charge in [-0.25, -0.2) is 9.59 Å². The number of fused-ring (bicyclic) bond motifs is 1. The highest BCUT2D eigenvalue weighted by Crippen LogP contribution is 2.33. The number of nitrogens with two attached hydrogens (primary N) is 1. The number of hydrogen-bond acceptors (Lipinski definition) is 8. The van der Waals surface area contributed by atoms with Gasteiger partial charge in [0.25, 0.3) is 17.5 Å². The van der Waals surface area contributed by atoms with Gasteiger partial charge in [-0.1, -0.05) is 6.07 Å². The van der Waals surface area contributed by atoms with Crippen LogP contribution in [0.1, 0.15) is 26.6 Å². The first-order valence-electron chi connectivity index (χ1n) is 14.0. The van der Waals surface area contributed by atoms with Gasteiger partial charge in [0.2, 0.25) is 0 Å². The molecule has 5 aromatic rings. The summed E-state index contributed by atoms with van der Waals surface area (Å²) in [6.07, 6.45) is 7.76. The fourth-order valence-corrected chi connectivity index (χ4v) is 5.70. The molecular formula is C30H30N10O6S. The molecule has 47 heavy (non-hydrogen) atoms. The molecule has 0 aliphatic rings. The van der Waals surface area contributed by atoms with Crippen LogP contribution in [0.5, 0.6) is 0 Å². The number of thiophene rings is 1. The van der Waals surface area contributed by atoms with Crippen molar-refractivity contribution in [2.45, 2.75) is 6.42 Å². The van der Waals surface area contributed by atoms with Crippen LogP contribution in [-0.4, -0.2) is 73.9 Å². The fourth-order valence-electron chi connectivity index (χ4n) is 4.72. The maximum Gasteiger partial charge on any atom is 0.332 e. The van der Waals surface area contributed by atoms with Crippen LogP contribution in [0, 0.1) is 15.5 Å². The number of hydrogen-bond donors (Lipinski definition) is 4. The molecule has 16 nitrogen and oxygen atoms in total. The number of nitro benzene ring substituents is 1. The molecule has 5 N–H and O–H groups in total. The van der Waals surface area contributed by atoms with E-state index in [9.17, 15) is 29.3 Å². The lowest BCUT2D eigenvalue weighted by Gasteiger charge is -2.18. The fraction of sp³-hybridized carbons (Fsp3) is 0.167. The van der Waals surface area contributed by atoms with E-state index in [1.54, 1.807) is 51.6 Å². The Morgan fingerprint density at radius 1 is 0.957 bits per heavy atom. The van der Waals surface area contributed by atoms with Gasteiger partial charge < -0.3 is 25.8 Å². The van der Waals surface area contributed by atoms with Gasteiger partial charge in [-0.2, -0.15) is 0 Å². The van der Waals surface area contributed by atoms with Crippen molar-refractivity contribution in [2.75, 3.05) is 36.2 Å². The second-order valence-corrected chi connectivity index (χ2v) is 11.7. The number of rotatable bonds is 9. The molecule has 242 valence electrons. The van der Waals surface area contributed by atoms with Gasteiger partial charge >= 0.3 is 12.1 Å². The van der Waals surface area contributed by atoms with Gasteiger partial charge in [0.05, 0.1) is 38.1 Å². The smallest absolute Gasteiger partial charge is 0.332 e. The summed E-state index contributed by atoms with van der Waals surface area (Å²) >= 11 is 1.12. The molecule has 0 atom stereocenters. The SMILES string of the molecule is CN(CCC(=N)N)C(=O)n1ccc(N(C)C(=O)n2ccc(NC(=O)c3cc(NC(=O)c4cc5c([N+](=O)[O-])cccc5s4)cn3C)c2)c1. The molecule has 4 heterocycles. The summed E-state index contributed by atoms with van der Waals surface area (Å²) in [5, 5.41) is 24.5. The lowest BCUT2D eigenvalue weighted by atomic mass is 10.2. The third-order valence-electron chi connectivity index (χ3n) is 7.24. The molecule has 0 spiro atoms. The lowest BCUT2D eigenvalue weighted by molar-refractivity contribution is -0.383. The highest BCUT2D eigenvalue weighted by atomic mass is 32.1. The highest BCUT2D eigenvalue weighted by Gasteiger charge is 2.21. The molecule has 0 aliphatic carbocycles. The van der Waals surface area contributed by atoms with E-state index in [4.69, 9.17) is 11.1 Å². The van der Waals surface area contributed by atoms with E-state index in [1.807, 2.05) is 0 Å². The largest absolute Gasteiger partial charge is 0.388 e. The normalized spacial score (nSPS) is 10.9. The molecule has 5 rings (SSSR count). The van der Waals surface area contributed by atoms with E-state index in [2.05, 4.69) is 10.6 Å². The first-order valence-corrected chi connectivity index (χ1v) is 14.8. The molecule has 0 radical (unpaired) electrons. The number of aromatic nitrogens is 3. The van der Waals surface area contributed by atoms with Crippen molar-refractivity contribution in [1.29, 1.82) is 5.41 Å². The maximum absolute atomic E-state index is 13.1. The molecule has 4 aromatic heterocycles. The summed E-state index contributed by atoms with van der Waals surface area (Å²) in [5.41, 5.74) is 6.65. The second kappa shape index (κ2) is 13.0. The summed E-state index contributed by atoms with van der Waals surface area (Å²) in [6, 6.07) is 9.96. The van der Waals surface area contributed by atoms with Crippen molar-refractivity contribution < 1.29 is 24.1 Å². The average Bonchev–Trinajstić information content (AvgIpc) is 3.84. The number of anilines is 3. The number of carbonyl (C=O) groups is 4. The Kier molecular flexibility index (Phi) is 8.91. The molecule has 1 aromatic carbocycles. The molecule has 0 aliphatic heterocycles. The Morgan fingerprint density at radius 3 is 2.38 bits per heavy atom. The second-order valence-electron chi connectivity index (χ2n) is 10.6. The van der Waals surface area contributed by atoms with E-state index in [1.165, 1.54) is 66.5 Å². The summed E-state index contributed by atoms with van der Waals surface area (Å²) in [4.78, 5) is 65.7. The summed E-state index contributed by atoms with van der Waals surface area (Å²) in [6.45, 7) is 0.272. The Balaban J connectivity index is 1.21. The predicted molar refractivity (Wildman–Crippen MR) is 178 cm³/mol. The average molecular weight is 659 g/mol. The number of nitro groups is 1. The number of nitrogens with one attached hydrogen (secondary N) is 3. The van der Waals surface area contributed by atoms with Gasteiger partial charge in [0, 0.05) is 75.9 Å². The molecule has 0 saturated heterocycles. The van der Waals surface area contributed by atoms with Crippen molar-refractivity contribution in [1.82, 2.24) is 18.6 Å². The molecule has 17 heteroatoms. The Morgan fingerprint density at radius 2 is 1.66 bits per heavy atom. The predicted octanol–water partition coefficient (Wildman–Crippen LogP) is 4.59. The van der Waals surface area contributed by atoms with E-state index < -0.39 is 22.8 Å². The van der Waals surface area contributed by atoms with Crippen molar-refractivity contribution in [3.05, 3.63) is 94.1 Å². The Bertz CT molecular complexity index is 2050. The quantitative estimate of drug-likeness (QED) is 0.0766. The van der Waals surface area contributed by atoms with Crippen molar-refractivity contribution >= 4 is 73.9 Å². The third-order valence-corrected chi connectivity index (χ3v) is 8.34. The molecule has 0 unspecified atom stereocenters. The highest BCUT2D eigenvalue weighted by molar-refractivity contribution is 7.21. The zero-order chi connectivity index (χ0) is 34.0. The van der Waals surface area contributed by atoms with Gasteiger partial charge in [-0.15, -0.1) is 11.3 Å². The number of non-ortho nitro benzene ring substituents is 1. The van der Waals surface area contributed by atoms with Crippen LogP contribution < -0.4 is 21.3 Å². The maximum atomic E-state index is 13.1. The van der Waals surface area contributed by atoms with Crippen LogP contribution >= 0.6 is 11.3 Å². The van der Waals surface area contributed by atoms with Gasteiger partial charge in [-0.05, 0) is 30.3 Å². The number of amides is 4. The van der Waals surface area contributed by atoms with Crippen LogP contribution in [0.15, 0.2) is 73.4 Å². The number of nitrogens with zero attached hydrogens (tertiary/aromatic N) is 6. The minimum absolute atomic E-state index is 0.0239. The summed E-state index contributed by atoms with van der Waals surface area (Å²) in [5.74, 6) is -0.991. The van der Waals surface area contributed by atoms with E-state index >= 15 is 0 Å². The monoisotopic (exact) mass is 658 g/mol. The number of carbonyl (C=O) groups excluding carboxylic acids is 4. The lowest BCUT2D eigenvalue weighted by Crippen LogP contribution is -2.33. The van der Waals surface area contributed by atoms with Gasteiger partial charge in [0.1, 0.15) is 5.69 Å². The number of amidine groups is 1. The standard InChI is InChI=1S/C30H30N10O6S/c1-35(10-9-26(31)32)29(43)39-12-8-20(17-39)37(3)30(44)38-11-7-18(16-38)33-27(41)23-13-19(15-36(23)2)34-28(42)25-14-21-22(40(45)46)5-4-6-24(21)47-25/h4-8,11-17H,9-10H2,1-3H3,(H3,31,32)(H,33,41)(H,34,42). The molecule has 0 fully saturated rings. The summed E-state index contributed by atoms with van der Waals surface area (Å²) < 4.78 is 4.74. The molecule has 0 saturated carbocycles. The first-order chi connectivity index (χ1) is 22.3. The zero-order valence-corrected chi connectivity index (χ0v) is 26.3. The third kappa shape index (κ3) is 6.89. The molecule has 0 bridgehead atoms. The summed E-state index contributed by atoms with van der Waals surface area (Å²) in [7, 11) is 4.77. The number of benzene rings is 1. The van der Waals surface area contributed by atoms with Crippen molar-refractivity contribution in [3.63, 3.8) is 0 Å². The zero-order valence-electron chi connectivity index (χ0n) is 25.5. The minimum atomic E-state index is -0.496.